The van der Waals surface area contributed by atoms with Gasteiger partial charge in [-0.15, -0.1) is 0 Å². The largest absolute Gasteiger partial charge is 0.472 e. The van der Waals surface area contributed by atoms with Crippen LogP contribution in [0.3, 0.4) is 0 Å². The maximum Gasteiger partial charge on any atom is 0.472 e. The summed E-state index contributed by atoms with van der Waals surface area (Å²) in [5.41, 5.74) is 0. The number of carbonyl (C=O) groups is 4. The van der Waals surface area contributed by atoms with E-state index in [-0.39, 0.29) is 25.7 Å². The Bertz CT molecular complexity index is 1870. The van der Waals surface area contributed by atoms with Gasteiger partial charge in [0.05, 0.1) is 26.4 Å². The summed E-state index contributed by atoms with van der Waals surface area (Å²) in [6.07, 6.45) is 49.8. The van der Waals surface area contributed by atoms with Crippen LogP contribution in [0.1, 0.15) is 383 Å². The van der Waals surface area contributed by atoms with Crippen LogP contribution in [-0.4, -0.2) is 96.7 Å². The Hall–Kier alpha value is -1.94. The van der Waals surface area contributed by atoms with Crippen LogP contribution < -0.4 is 0 Å². The number of ether oxygens (including phenoxy) is 4. The number of hydrogen-bond donors (Lipinski definition) is 3. The molecule has 0 amide bonds. The predicted molar refractivity (Wildman–Crippen MR) is 386 cm³/mol. The predicted octanol–water partition coefficient (Wildman–Crippen LogP) is 22.0. The number of rotatable bonds is 73. The van der Waals surface area contributed by atoms with Crippen LogP contribution >= 0.6 is 15.6 Å². The van der Waals surface area contributed by atoms with Crippen molar-refractivity contribution in [3.05, 3.63) is 0 Å². The lowest BCUT2D eigenvalue weighted by atomic mass is 9.99. The maximum atomic E-state index is 13.1. The third kappa shape index (κ3) is 69.0. The lowest BCUT2D eigenvalue weighted by molar-refractivity contribution is -0.161. The Kier molecular flexibility index (Phi) is 64.0. The molecule has 0 saturated carbocycles. The molecule has 564 valence electrons. The first-order valence-electron chi connectivity index (χ1n) is 39.2. The van der Waals surface area contributed by atoms with E-state index in [1.807, 2.05) is 0 Å². The van der Waals surface area contributed by atoms with E-state index in [1.165, 1.54) is 186 Å². The van der Waals surface area contributed by atoms with Crippen molar-refractivity contribution in [2.75, 3.05) is 39.6 Å². The molecule has 3 N–H and O–H groups in total. The summed E-state index contributed by atoms with van der Waals surface area (Å²) < 4.78 is 68.6. The standard InChI is InChI=1S/C76H148O17P2/c1-9-69(8)55-47-39-31-26-27-33-41-49-57-74(79)87-63-72(93-76(81)59-51-43-35-25-19-18-22-30-38-46-54-68(6)7)65-91-95(84,85)89-61-70(77)60-88-94(82,83)90-64-71(92-75(80)58-50-42-34-24-17-13-11-15-21-29-37-45-53-67(4)5)62-86-73(78)56-48-40-32-23-16-12-10-14-20-28-36-44-52-66(2)3/h66-72,77H,9-65H2,1-8H3,(H,82,83)(H,84,85)/t69?,70-,71-,72-/m1/s1. The zero-order valence-electron chi connectivity index (χ0n) is 62.3. The molecule has 0 aliphatic carbocycles. The van der Waals surface area contributed by atoms with Crippen LogP contribution in [0.25, 0.3) is 0 Å². The molecule has 0 aliphatic rings. The van der Waals surface area contributed by atoms with E-state index < -0.39 is 97.5 Å². The molecule has 0 heterocycles. The fourth-order valence-electron chi connectivity index (χ4n) is 11.5. The fraction of sp³-hybridized carbons (Fsp3) is 0.947. The Morgan fingerprint density at radius 2 is 0.505 bits per heavy atom. The average molecular weight is 1400 g/mol. The van der Waals surface area contributed by atoms with E-state index in [4.69, 9.17) is 37.0 Å². The number of aliphatic hydroxyl groups excluding tert-OH is 1. The van der Waals surface area contributed by atoms with Crippen molar-refractivity contribution in [1.82, 2.24) is 0 Å². The summed E-state index contributed by atoms with van der Waals surface area (Å²) in [6, 6.07) is 0. The van der Waals surface area contributed by atoms with E-state index >= 15 is 0 Å². The number of esters is 4. The number of aliphatic hydroxyl groups is 1. The molecule has 0 saturated heterocycles. The lowest BCUT2D eigenvalue weighted by Gasteiger charge is -2.21. The van der Waals surface area contributed by atoms with Crippen LogP contribution in [0.4, 0.5) is 0 Å². The molecule has 0 rings (SSSR count). The minimum atomic E-state index is -4.96. The van der Waals surface area contributed by atoms with E-state index in [0.29, 0.717) is 25.7 Å². The first kappa shape index (κ1) is 93.1. The number of hydrogen-bond acceptors (Lipinski definition) is 15. The van der Waals surface area contributed by atoms with Crippen LogP contribution in [0, 0.1) is 23.7 Å². The van der Waals surface area contributed by atoms with Crippen molar-refractivity contribution < 1.29 is 80.2 Å². The second-order valence-electron chi connectivity index (χ2n) is 29.1. The molecule has 0 aromatic carbocycles. The Morgan fingerprint density at radius 1 is 0.295 bits per heavy atom. The smallest absolute Gasteiger partial charge is 0.462 e. The van der Waals surface area contributed by atoms with Crippen molar-refractivity contribution in [1.29, 1.82) is 0 Å². The SMILES string of the molecule is CCC(C)CCCCCCCCCCC(=O)OC[C@H](COP(=O)(O)OC[C@H](O)COP(=O)(O)OC[C@@H](COC(=O)CCCCCCCCCCCCCCC(C)C)OC(=O)CCCCCCCCCCCCCCC(C)C)OC(=O)CCCCCCCCCCCCC(C)C. The Labute approximate surface area is 581 Å². The van der Waals surface area contributed by atoms with Gasteiger partial charge in [0.15, 0.2) is 12.2 Å². The summed E-state index contributed by atoms with van der Waals surface area (Å²) in [5.74, 6) is 0.968. The molecular weight excluding hydrogens is 1250 g/mol. The molecule has 0 aliphatic heterocycles. The molecule has 3 unspecified atom stereocenters. The van der Waals surface area contributed by atoms with Crippen LogP contribution in [0.5, 0.6) is 0 Å². The maximum absolute atomic E-state index is 13.1. The molecule has 0 radical (unpaired) electrons. The van der Waals surface area contributed by atoms with Crippen molar-refractivity contribution >= 4 is 39.5 Å². The minimum absolute atomic E-state index is 0.105. The second-order valence-corrected chi connectivity index (χ2v) is 32.0. The summed E-state index contributed by atoms with van der Waals surface area (Å²) >= 11 is 0. The Morgan fingerprint density at radius 3 is 0.747 bits per heavy atom. The monoisotopic (exact) mass is 1400 g/mol. The van der Waals surface area contributed by atoms with E-state index in [9.17, 15) is 43.2 Å². The normalized spacial score (nSPS) is 14.4. The molecular formula is C76H148O17P2. The van der Waals surface area contributed by atoms with Crippen molar-refractivity contribution in [3.8, 4) is 0 Å². The van der Waals surface area contributed by atoms with Gasteiger partial charge in [-0.05, 0) is 49.4 Å². The van der Waals surface area contributed by atoms with E-state index in [1.54, 1.807) is 0 Å². The van der Waals surface area contributed by atoms with E-state index in [2.05, 4.69) is 55.4 Å². The summed E-state index contributed by atoms with van der Waals surface area (Å²) in [7, 11) is -9.92. The fourth-order valence-corrected chi connectivity index (χ4v) is 13.1. The van der Waals surface area contributed by atoms with E-state index in [0.717, 1.165) is 114 Å². The summed E-state index contributed by atoms with van der Waals surface area (Å²) in [4.78, 5) is 72.9. The molecule has 19 heteroatoms. The highest BCUT2D eigenvalue weighted by Crippen LogP contribution is 2.45. The van der Waals surface area contributed by atoms with Gasteiger partial charge in [-0.2, -0.15) is 0 Å². The molecule has 0 fully saturated rings. The third-order valence-electron chi connectivity index (χ3n) is 17.9. The van der Waals surface area contributed by atoms with Crippen LogP contribution in [0.2, 0.25) is 0 Å². The van der Waals surface area contributed by atoms with Gasteiger partial charge < -0.3 is 33.8 Å². The van der Waals surface area contributed by atoms with Crippen LogP contribution in [-0.2, 0) is 65.4 Å². The van der Waals surface area contributed by atoms with Gasteiger partial charge in [0.25, 0.3) is 0 Å². The van der Waals surface area contributed by atoms with Gasteiger partial charge in [0, 0.05) is 25.7 Å². The van der Waals surface area contributed by atoms with Gasteiger partial charge in [-0.3, -0.25) is 37.3 Å². The van der Waals surface area contributed by atoms with Gasteiger partial charge in [-0.1, -0.05) is 331 Å². The zero-order valence-corrected chi connectivity index (χ0v) is 64.1. The molecule has 0 spiro atoms. The van der Waals surface area contributed by atoms with Crippen molar-refractivity contribution in [3.63, 3.8) is 0 Å². The first-order chi connectivity index (χ1) is 45.6. The second kappa shape index (κ2) is 65.4. The quantitative estimate of drug-likeness (QED) is 0.0222. The first-order valence-corrected chi connectivity index (χ1v) is 42.2. The number of unbranched alkanes of at least 4 members (excludes halogenated alkanes) is 38. The highest BCUT2D eigenvalue weighted by molar-refractivity contribution is 7.47. The highest BCUT2D eigenvalue weighted by Gasteiger charge is 2.30. The molecule has 95 heavy (non-hydrogen) atoms. The highest BCUT2D eigenvalue weighted by atomic mass is 31.2. The van der Waals surface area contributed by atoms with Crippen molar-refractivity contribution in [2.24, 2.45) is 23.7 Å². The molecule has 0 bridgehead atoms. The molecule has 0 aromatic heterocycles. The third-order valence-corrected chi connectivity index (χ3v) is 19.8. The molecule has 6 atom stereocenters. The number of phosphoric acid groups is 2. The van der Waals surface area contributed by atoms with Crippen molar-refractivity contribution in [2.45, 2.75) is 401 Å². The Balaban J connectivity index is 5.28. The van der Waals surface area contributed by atoms with Gasteiger partial charge in [-0.25, -0.2) is 9.13 Å². The average Bonchev–Trinajstić information content (AvgIpc) is 1.74. The number of phosphoric ester groups is 2. The molecule has 0 aromatic rings. The van der Waals surface area contributed by atoms with Gasteiger partial charge >= 0.3 is 39.5 Å². The summed E-state index contributed by atoms with van der Waals surface area (Å²) in [5, 5.41) is 10.6. The van der Waals surface area contributed by atoms with Gasteiger partial charge in [0.2, 0.25) is 0 Å². The minimum Gasteiger partial charge on any atom is -0.462 e. The zero-order chi connectivity index (χ0) is 70.3. The summed E-state index contributed by atoms with van der Waals surface area (Å²) in [6.45, 7) is 14.2. The topological polar surface area (TPSA) is 237 Å². The number of carbonyl (C=O) groups excluding carboxylic acids is 4. The van der Waals surface area contributed by atoms with Gasteiger partial charge in [0.1, 0.15) is 19.3 Å². The molecule has 17 nitrogen and oxygen atoms in total. The van der Waals surface area contributed by atoms with Crippen LogP contribution in [0.15, 0.2) is 0 Å². The lowest BCUT2D eigenvalue weighted by Crippen LogP contribution is -2.30.